The van der Waals surface area contributed by atoms with Gasteiger partial charge in [-0.25, -0.2) is 4.98 Å². The lowest BCUT2D eigenvalue weighted by Gasteiger charge is -2.40. The Bertz CT molecular complexity index is 785. The number of rotatable bonds is 3. The lowest BCUT2D eigenvalue weighted by molar-refractivity contribution is 0.0810. The number of fused-ring (bicyclic) bond motifs is 1. The summed E-state index contributed by atoms with van der Waals surface area (Å²) in [5.74, 6) is 0.658. The summed E-state index contributed by atoms with van der Waals surface area (Å²) in [4.78, 5) is 19.9. The lowest BCUT2D eigenvalue weighted by Crippen LogP contribution is -2.51. The highest BCUT2D eigenvalue weighted by Gasteiger charge is 2.42. The van der Waals surface area contributed by atoms with E-state index in [-0.39, 0.29) is 5.91 Å². The summed E-state index contributed by atoms with van der Waals surface area (Å²) < 4.78 is 0. The van der Waals surface area contributed by atoms with Crippen LogP contribution in [-0.4, -0.2) is 26.1 Å². The highest BCUT2D eigenvalue weighted by molar-refractivity contribution is 5.98. The topological polar surface area (TPSA) is 86.5 Å². The van der Waals surface area contributed by atoms with Gasteiger partial charge in [-0.1, -0.05) is 6.07 Å². The van der Waals surface area contributed by atoms with Crippen molar-refractivity contribution < 1.29 is 4.79 Å². The highest BCUT2D eigenvalue weighted by atomic mass is 16.1. The van der Waals surface area contributed by atoms with Gasteiger partial charge in [-0.15, -0.1) is 0 Å². The highest BCUT2D eigenvalue weighted by Crippen LogP contribution is 2.39. The lowest BCUT2D eigenvalue weighted by atomic mass is 9.76. The Morgan fingerprint density at radius 2 is 2.19 bits per heavy atom. The summed E-state index contributed by atoms with van der Waals surface area (Å²) in [6, 6.07) is 7.65. The first-order chi connectivity index (χ1) is 10.3. The van der Waals surface area contributed by atoms with Crippen molar-refractivity contribution in [2.75, 3.05) is 0 Å². The zero-order chi connectivity index (χ0) is 14.3. The molecule has 0 saturated heterocycles. The molecule has 0 aliphatic heterocycles. The molecule has 0 spiro atoms. The smallest absolute Gasteiger partial charge is 0.252 e. The molecule has 1 fully saturated rings. The van der Waals surface area contributed by atoms with Crippen LogP contribution >= 0.6 is 0 Å². The van der Waals surface area contributed by atoms with Gasteiger partial charge in [-0.3, -0.25) is 9.89 Å². The van der Waals surface area contributed by atoms with Crippen molar-refractivity contribution >= 4 is 16.8 Å². The van der Waals surface area contributed by atoms with E-state index in [1.54, 1.807) is 0 Å². The van der Waals surface area contributed by atoms with Crippen LogP contribution in [0.25, 0.3) is 10.9 Å². The van der Waals surface area contributed by atoms with Crippen molar-refractivity contribution in [3.05, 3.63) is 48.2 Å². The number of nitrogens with one attached hydrogen (secondary N) is 3. The number of carbonyl (C=O) groups excluding carboxylic acids is 1. The van der Waals surface area contributed by atoms with E-state index in [0.717, 1.165) is 36.0 Å². The van der Waals surface area contributed by atoms with Gasteiger partial charge < -0.3 is 10.3 Å². The molecule has 6 nitrogen and oxygen atoms in total. The first-order valence-electron chi connectivity index (χ1n) is 7.02. The van der Waals surface area contributed by atoms with Gasteiger partial charge in [0.05, 0.1) is 5.54 Å². The van der Waals surface area contributed by atoms with E-state index < -0.39 is 5.54 Å². The quantitative estimate of drug-likeness (QED) is 0.687. The molecular formula is C15H15N5O. The summed E-state index contributed by atoms with van der Waals surface area (Å²) >= 11 is 0. The summed E-state index contributed by atoms with van der Waals surface area (Å²) in [6.07, 6.45) is 6.20. The minimum absolute atomic E-state index is 0.0809. The van der Waals surface area contributed by atoms with Crippen LogP contribution in [0.3, 0.4) is 0 Å². The maximum absolute atomic E-state index is 12.5. The van der Waals surface area contributed by atoms with Crippen LogP contribution in [0.5, 0.6) is 0 Å². The Labute approximate surface area is 121 Å². The van der Waals surface area contributed by atoms with E-state index in [4.69, 9.17) is 0 Å². The Hall–Kier alpha value is -2.63. The third kappa shape index (κ3) is 1.91. The maximum Gasteiger partial charge on any atom is 0.252 e. The summed E-state index contributed by atoms with van der Waals surface area (Å²) in [6.45, 7) is 0. The number of nitrogens with zero attached hydrogens (tertiary/aromatic N) is 2. The molecule has 0 radical (unpaired) electrons. The van der Waals surface area contributed by atoms with E-state index in [0.29, 0.717) is 5.56 Å². The Balaban J connectivity index is 1.62. The largest absolute Gasteiger partial charge is 0.361 e. The monoisotopic (exact) mass is 281 g/mol. The summed E-state index contributed by atoms with van der Waals surface area (Å²) in [5, 5.41) is 11.0. The van der Waals surface area contributed by atoms with Gasteiger partial charge in [0.15, 0.2) is 0 Å². The number of aromatic amines is 2. The van der Waals surface area contributed by atoms with Crippen molar-refractivity contribution in [3.63, 3.8) is 0 Å². The average molecular weight is 281 g/mol. The molecule has 1 amide bonds. The van der Waals surface area contributed by atoms with Gasteiger partial charge in [-0.2, -0.15) is 5.10 Å². The average Bonchev–Trinajstić information content (AvgIpc) is 3.12. The number of carbonyl (C=O) groups is 1. The molecule has 2 aromatic heterocycles. The van der Waals surface area contributed by atoms with Crippen LogP contribution in [-0.2, 0) is 5.54 Å². The number of H-pyrrole nitrogens is 2. The fraction of sp³-hybridized carbons (Fsp3) is 0.267. The minimum atomic E-state index is -0.391. The number of amides is 1. The normalized spacial score (nSPS) is 16.6. The standard InChI is InChI=1S/C15H15N5O/c21-13(11-3-2-10-4-7-16-12(10)8-11)19-15(5-1-6-15)14-17-9-18-20-14/h2-4,7-9,16H,1,5-6H2,(H,19,21)(H,17,18,20). The molecule has 6 heteroatoms. The molecule has 106 valence electrons. The van der Waals surface area contributed by atoms with Crippen molar-refractivity contribution in [2.24, 2.45) is 0 Å². The molecule has 21 heavy (non-hydrogen) atoms. The molecule has 3 N–H and O–H groups in total. The van der Waals surface area contributed by atoms with E-state index in [1.807, 2.05) is 30.5 Å². The van der Waals surface area contributed by atoms with Gasteiger partial charge in [0.25, 0.3) is 5.91 Å². The number of hydrogen-bond donors (Lipinski definition) is 3. The zero-order valence-corrected chi connectivity index (χ0v) is 11.4. The fourth-order valence-corrected chi connectivity index (χ4v) is 2.87. The summed E-state index contributed by atoms with van der Waals surface area (Å²) in [7, 11) is 0. The van der Waals surface area contributed by atoms with Crippen LogP contribution in [0.2, 0.25) is 0 Å². The van der Waals surface area contributed by atoms with E-state index in [9.17, 15) is 4.79 Å². The predicted octanol–water partition coefficient (Wildman–Crippen LogP) is 2.10. The molecule has 1 aromatic carbocycles. The van der Waals surface area contributed by atoms with Crippen molar-refractivity contribution in [1.29, 1.82) is 0 Å². The molecule has 1 aliphatic carbocycles. The first-order valence-corrected chi connectivity index (χ1v) is 7.02. The SMILES string of the molecule is O=C(NC1(c2ncn[nH]2)CCC1)c1ccc2cc[nH]c2c1. The molecular weight excluding hydrogens is 266 g/mol. The van der Waals surface area contributed by atoms with Gasteiger partial charge in [0.2, 0.25) is 0 Å². The predicted molar refractivity (Wildman–Crippen MR) is 77.7 cm³/mol. The van der Waals surface area contributed by atoms with Crippen molar-refractivity contribution in [2.45, 2.75) is 24.8 Å². The molecule has 2 heterocycles. The van der Waals surface area contributed by atoms with E-state index in [2.05, 4.69) is 25.5 Å². The molecule has 0 bridgehead atoms. The second-order valence-corrected chi connectivity index (χ2v) is 5.50. The molecule has 0 unspecified atom stereocenters. The van der Waals surface area contributed by atoms with Crippen molar-refractivity contribution in [1.82, 2.24) is 25.5 Å². The number of hydrogen-bond acceptors (Lipinski definition) is 3. The second kappa shape index (κ2) is 4.44. The van der Waals surface area contributed by atoms with Gasteiger partial charge >= 0.3 is 0 Å². The first kappa shape index (κ1) is 12.1. The van der Waals surface area contributed by atoms with Crippen LogP contribution in [0, 0.1) is 0 Å². The Morgan fingerprint density at radius 1 is 1.29 bits per heavy atom. The van der Waals surface area contributed by atoms with Gasteiger partial charge in [0.1, 0.15) is 12.2 Å². The third-order valence-electron chi connectivity index (χ3n) is 4.25. The molecule has 3 aromatic rings. The molecule has 1 aliphatic rings. The van der Waals surface area contributed by atoms with Crippen molar-refractivity contribution in [3.8, 4) is 0 Å². The molecule has 4 rings (SSSR count). The van der Waals surface area contributed by atoms with Crippen LogP contribution in [0.15, 0.2) is 36.8 Å². The zero-order valence-electron chi connectivity index (χ0n) is 11.4. The molecule has 1 saturated carbocycles. The van der Waals surface area contributed by atoms with Gasteiger partial charge in [-0.05, 0) is 42.8 Å². The number of benzene rings is 1. The van der Waals surface area contributed by atoms with E-state index >= 15 is 0 Å². The fourth-order valence-electron chi connectivity index (χ4n) is 2.87. The van der Waals surface area contributed by atoms with Gasteiger partial charge in [0, 0.05) is 17.3 Å². The number of aromatic nitrogens is 4. The van der Waals surface area contributed by atoms with Crippen LogP contribution in [0.1, 0.15) is 35.4 Å². The summed E-state index contributed by atoms with van der Waals surface area (Å²) in [5.41, 5.74) is 1.22. The Morgan fingerprint density at radius 3 is 2.90 bits per heavy atom. The molecule has 0 atom stereocenters. The Kier molecular flexibility index (Phi) is 2.57. The minimum Gasteiger partial charge on any atom is -0.361 e. The van der Waals surface area contributed by atoms with Crippen LogP contribution < -0.4 is 5.32 Å². The third-order valence-corrected chi connectivity index (χ3v) is 4.25. The van der Waals surface area contributed by atoms with E-state index in [1.165, 1.54) is 6.33 Å². The second-order valence-electron chi connectivity index (χ2n) is 5.50. The van der Waals surface area contributed by atoms with Crippen LogP contribution in [0.4, 0.5) is 0 Å². The maximum atomic E-state index is 12.5.